The third-order valence-electron chi connectivity index (χ3n) is 1.95. The van der Waals surface area contributed by atoms with E-state index < -0.39 is 5.97 Å². The topological polar surface area (TPSA) is 79.5 Å². The largest absolute Gasteiger partial charge is 0.485 e. The number of carboxylic acids is 1. The van der Waals surface area contributed by atoms with Gasteiger partial charge in [0.25, 0.3) is 0 Å². The summed E-state index contributed by atoms with van der Waals surface area (Å²) in [6.45, 7) is 0.913. The lowest BCUT2D eigenvalue weighted by Gasteiger charge is -2.15. The molecule has 82 valence electrons. The van der Waals surface area contributed by atoms with E-state index in [-0.39, 0.29) is 5.57 Å². The van der Waals surface area contributed by atoms with E-state index in [0.29, 0.717) is 29.6 Å². The summed E-state index contributed by atoms with van der Waals surface area (Å²) in [5.74, 6) is -0.128. The van der Waals surface area contributed by atoms with Crippen LogP contribution >= 0.6 is 11.3 Å². The number of nitriles is 1. The first-order valence-electron chi connectivity index (χ1n) is 4.44. The van der Waals surface area contributed by atoms with Crippen molar-refractivity contribution in [1.82, 2.24) is 0 Å². The molecule has 1 aromatic heterocycles. The maximum Gasteiger partial charge on any atom is 0.346 e. The molecule has 16 heavy (non-hydrogen) atoms. The SMILES string of the molecule is N#C/C(=C\c1scc2c1OCCO2)C(=O)O. The summed E-state index contributed by atoms with van der Waals surface area (Å²) in [4.78, 5) is 11.3. The minimum atomic E-state index is -1.25. The van der Waals surface area contributed by atoms with Crippen LogP contribution in [-0.2, 0) is 4.79 Å². The van der Waals surface area contributed by atoms with Crippen molar-refractivity contribution in [2.45, 2.75) is 0 Å². The number of hydrogen-bond acceptors (Lipinski definition) is 5. The third kappa shape index (κ3) is 1.85. The van der Waals surface area contributed by atoms with E-state index in [0.717, 1.165) is 0 Å². The van der Waals surface area contributed by atoms with E-state index in [4.69, 9.17) is 19.8 Å². The van der Waals surface area contributed by atoms with Gasteiger partial charge in [-0.3, -0.25) is 0 Å². The van der Waals surface area contributed by atoms with Crippen LogP contribution in [0.25, 0.3) is 6.08 Å². The zero-order valence-electron chi connectivity index (χ0n) is 8.10. The number of carboxylic acid groups (broad SMARTS) is 1. The molecule has 1 N–H and O–H groups in total. The van der Waals surface area contributed by atoms with E-state index >= 15 is 0 Å². The summed E-state index contributed by atoms with van der Waals surface area (Å²) >= 11 is 1.29. The van der Waals surface area contributed by atoms with E-state index in [1.807, 2.05) is 0 Å². The maximum atomic E-state index is 10.7. The molecule has 0 bridgehead atoms. The minimum absolute atomic E-state index is 0.321. The maximum absolute atomic E-state index is 10.7. The molecule has 0 saturated heterocycles. The van der Waals surface area contributed by atoms with Crippen molar-refractivity contribution in [1.29, 1.82) is 5.26 Å². The van der Waals surface area contributed by atoms with Crippen LogP contribution < -0.4 is 9.47 Å². The molecule has 1 aromatic rings. The third-order valence-corrected chi connectivity index (χ3v) is 2.84. The Kier molecular flexibility index (Phi) is 2.79. The Morgan fingerprint density at radius 1 is 1.56 bits per heavy atom. The van der Waals surface area contributed by atoms with E-state index in [9.17, 15) is 4.79 Å². The van der Waals surface area contributed by atoms with Crippen molar-refractivity contribution in [2.24, 2.45) is 0 Å². The van der Waals surface area contributed by atoms with Gasteiger partial charge in [-0.1, -0.05) is 0 Å². The minimum Gasteiger partial charge on any atom is -0.485 e. The van der Waals surface area contributed by atoms with Crippen LogP contribution in [0.15, 0.2) is 11.0 Å². The molecule has 6 heteroatoms. The molecule has 0 aliphatic carbocycles. The molecule has 1 aliphatic heterocycles. The average Bonchev–Trinajstić information content (AvgIpc) is 2.69. The second-order valence-electron chi connectivity index (χ2n) is 2.97. The zero-order chi connectivity index (χ0) is 11.5. The van der Waals surface area contributed by atoms with Crippen LogP contribution in [0.5, 0.6) is 11.5 Å². The van der Waals surface area contributed by atoms with Crippen LogP contribution in [0.3, 0.4) is 0 Å². The van der Waals surface area contributed by atoms with Crippen LogP contribution in [0.4, 0.5) is 0 Å². The highest BCUT2D eigenvalue weighted by atomic mass is 32.1. The van der Waals surface area contributed by atoms with Gasteiger partial charge in [0.1, 0.15) is 24.9 Å². The van der Waals surface area contributed by atoms with Gasteiger partial charge in [0.15, 0.2) is 11.5 Å². The van der Waals surface area contributed by atoms with Crippen molar-refractivity contribution < 1.29 is 19.4 Å². The van der Waals surface area contributed by atoms with E-state index in [2.05, 4.69) is 0 Å². The number of ether oxygens (including phenoxy) is 2. The van der Waals surface area contributed by atoms with Crippen molar-refractivity contribution in [2.75, 3.05) is 13.2 Å². The summed E-state index contributed by atoms with van der Waals surface area (Å²) in [5.41, 5.74) is -0.321. The van der Waals surface area contributed by atoms with E-state index in [1.165, 1.54) is 17.4 Å². The second-order valence-corrected chi connectivity index (χ2v) is 3.88. The van der Waals surface area contributed by atoms with Gasteiger partial charge in [0.05, 0.1) is 4.88 Å². The molecule has 0 radical (unpaired) electrons. The highest BCUT2D eigenvalue weighted by Gasteiger charge is 2.18. The molecular weight excluding hydrogens is 230 g/mol. The highest BCUT2D eigenvalue weighted by molar-refractivity contribution is 7.11. The lowest BCUT2D eigenvalue weighted by molar-refractivity contribution is -0.132. The lowest BCUT2D eigenvalue weighted by Crippen LogP contribution is -2.14. The molecule has 0 saturated carbocycles. The Balaban J connectivity index is 2.38. The first-order chi connectivity index (χ1) is 7.72. The monoisotopic (exact) mass is 237 g/mol. The number of hydrogen-bond donors (Lipinski definition) is 1. The molecule has 0 atom stereocenters. The summed E-state index contributed by atoms with van der Waals surface area (Å²) in [5, 5.41) is 19.1. The zero-order valence-corrected chi connectivity index (χ0v) is 8.91. The lowest BCUT2D eigenvalue weighted by atomic mass is 10.2. The first-order valence-corrected chi connectivity index (χ1v) is 5.32. The summed E-state index contributed by atoms with van der Waals surface area (Å²) in [6.07, 6.45) is 1.29. The van der Waals surface area contributed by atoms with Gasteiger partial charge in [-0.05, 0) is 6.08 Å². The van der Waals surface area contributed by atoms with Crippen LogP contribution in [0.1, 0.15) is 4.88 Å². The molecule has 1 aliphatic rings. The number of thiophene rings is 1. The Bertz CT molecular complexity index is 497. The number of fused-ring (bicyclic) bond motifs is 1. The molecule has 0 unspecified atom stereocenters. The number of aliphatic carboxylic acids is 1. The van der Waals surface area contributed by atoms with Crippen molar-refractivity contribution >= 4 is 23.4 Å². The smallest absolute Gasteiger partial charge is 0.346 e. The Labute approximate surface area is 95.1 Å². The highest BCUT2D eigenvalue weighted by Crippen LogP contribution is 2.40. The quantitative estimate of drug-likeness (QED) is 0.623. The molecule has 2 heterocycles. The van der Waals surface area contributed by atoms with Crippen molar-refractivity contribution in [3.63, 3.8) is 0 Å². The van der Waals surface area contributed by atoms with Crippen LogP contribution in [0.2, 0.25) is 0 Å². The standard InChI is InChI=1S/C10H7NO4S/c11-4-6(10(12)13)3-8-9-7(5-16-8)14-1-2-15-9/h3,5H,1-2H2,(H,12,13)/b6-3+. The average molecular weight is 237 g/mol. The summed E-state index contributed by atoms with van der Waals surface area (Å²) in [7, 11) is 0. The normalized spacial score (nSPS) is 14.3. The van der Waals surface area contributed by atoms with Gasteiger partial charge in [0, 0.05) is 5.38 Å². The van der Waals surface area contributed by atoms with Gasteiger partial charge in [-0.15, -0.1) is 11.3 Å². The predicted molar refractivity (Wildman–Crippen MR) is 56.5 cm³/mol. The van der Waals surface area contributed by atoms with Crippen LogP contribution in [0, 0.1) is 11.3 Å². The van der Waals surface area contributed by atoms with Gasteiger partial charge >= 0.3 is 5.97 Å². The first kappa shape index (κ1) is 10.5. The number of rotatable bonds is 2. The van der Waals surface area contributed by atoms with Crippen molar-refractivity contribution in [3.05, 3.63) is 15.8 Å². The van der Waals surface area contributed by atoms with E-state index in [1.54, 1.807) is 11.4 Å². The molecule has 0 aromatic carbocycles. The molecule has 0 spiro atoms. The number of nitrogens with zero attached hydrogens (tertiary/aromatic N) is 1. The second kappa shape index (κ2) is 4.24. The van der Waals surface area contributed by atoms with Gasteiger partial charge in [-0.2, -0.15) is 5.26 Å². The summed E-state index contributed by atoms with van der Waals surface area (Å²) < 4.78 is 10.7. The molecule has 5 nitrogen and oxygen atoms in total. The van der Waals surface area contributed by atoms with Gasteiger partial charge < -0.3 is 14.6 Å². The molecule has 0 fully saturated rings. The van der Waals surface area contributed by atoms with Gasteiger partial charge in [-0.25, -0.2) is 4.79 Å². The molecular formula is C10H7NO4S. The predicted octanol–water partition coefficient (Wildman–Crippen LogP) is 1.51. The van der Waals surface area contributed by atoms with Gasteiger partial charge in [0.2, 0.25) is 0 Å². The summed E-state index contributed by atoms with van der Waals surface area (Å²) in [6, 6.07) is 1.62. The van der Waals surface area contributed by atoms with Crippen LogP contribution in [-0.4, -0.2) is 24.3 Å². The fraction of sp³-hybridized carbons (Fsp3) is 0.200. The Morgan fingerprint density at radius 2 is 2.31 bits per heavy atom. The fourth-order valence-corrected chi connectivity index (χ4v) is 2.12. The Morgan fingerprint density at radius 3 is 3.00 bits per heavy atom. The number of carbonyl (C=O) groups is 1. The van der Waals surface area contributed by atoms with Crippen molar-refractivity contribution in [3.8, 4) is 17.6 Å². The molecule has 2 rings (SSSR count). The fourth-order valence-electron chi connectivity index (χ4n) is 1.26. The Hall–Kier alpha value is -2.00. The molecule has 0 amide bonds.